The first-order valence-corrected chi connectivity index (χ1v) is 9.14. The van der Waals surface area contributed by atoms with Crippen molar-refractivity contribution in [3.63, 3.8) is 0 Å². The van der Waals surface area contributed by atoms with Crippen molar-refractivity contribution in [2.24, 2.45) is 5.92 Å². The van der Waals surface area contributed by atoms with Crippen LogP contribution in [0.25, 0.3) is 0 Å². The lowest BCUT2D eigenvalue weighted by Crippen LogP contribution is -2.39. The topological polar surface area (TPSA) is 46.2 Å². The van der Waals surface area contributed by atoms with E-state index in [1.807, 2.05) is 0 Å². The van der Waals surface area contributed by atoms with Crippen molar-refractivity contribution in [3.05, 3.63) is 0 Å². The molecule has 2 saturated carbocycles. The van der Waals surface area contributed by atoms with E-state index in [0.717, 1.165) is 51.5 Å². The summed E-state index contributed by atoms with van der Waals surface area (Å²) in [6, 6.07) is 0.408. The minimum atomic E-state index is -2.89. The number of sulfone groups is 1. The first kappa shape index (κ1) is 14.3. The van der Waals surface area contributed by atoms with Gasteiger partial charge in [-0.2, -0.15) is 0 Å². The van der Waals surface area contributed by atoms with Gasteiger partial charge in [0.2, 0.25) is 0 Å². The van der Waals surface area contributed by atoms with Gasteiger partial charge in [-0.15, -0.1) is 0 Å². The Morgan fingerprint density at radius 2 is 1.78 bits per heavy atom. The average molecular weight is 273 g/mol. The number of nitrogens with one attached hydrogen (secondary N) is 1. The second-order valence-corrected chi connectivity index (χ2v) is 8.48. The van der Waals surface area contributed by atoms with Crippen LogP contribution >= 0.6 is 0 Å². The minimum Gasteiger partial charge on any atom is -0.314 e. The van der Waals surface area contributed by atoms with Crippen molar-refractivity contribution in [3.8, 4) is 0 Å². The van der Waals surface area contributed by atoms with Crippen molar-refractivity contribution >= 4 is 9.84 Å². The van der Waals surface area contributed by atoms with E-state index >= 15 is 0 Å². The van der Waals surface area contributed by atoms with E-state index in [1.54, 1.807) is 0 Å². The predicted octanol–water partition coefficient (Wildman–Crippen LogP) is 2.51. The molecule has 0 amide bonds. The Morgan fingerprint density at radius 1 is 1.11 bits per heavy atom. The molecular weight excluding hydrogens is 246 g/mol. The summed E-state index contributed by atoms with van der Waals surface area (Å²) in [6.07, 6.45) is 7.00. The highest BCUT2D eigenvalue weighted by atomic mass is 32.2. The molecule has 0 aromatic heterocycles. The maximum absolute atomic E-state index is 12.6. The molecule has 106 valence electrons. The lowest BCUT2D eigenvalue weighted by atomic mass is 10.1. The lowest BCUT2D eigenvalue weighted by molar-refractivity contribution is 0.423. The fourth-order valence-electron chi connectivity index (χ4n) is 3.67. The van der Waals surface area contributed by atoms with Gasteiger partial charge >= 0.3 is 0 Å². The predicted molar refractivity (Wildman–Crippen MR) is 75.4 cm³/mol. The van der Waals surface area contributed by atoms with Gasteiger partial charge in [-0.1, -0.05) is 26.7 Å². The van der Waals surface area contributed by atoms with E-state index in [2.05, 4.69) is 19.2 Å². The zero-order valence-electron chi connectivity index (χ0n) is 11.7. The Balaban J connectivity index is 2.01. The summed E-state index contributed by atoms with van der Waals surface area (Å²) in [4.78, 5) is 0. The van der Waals surface area contributed by atoms with Crippen molar-refractivity contribution < 1.29 is 8.42 Å². The molecule has 2 aliphatic rings. The summed E-state index contributed by atoms with van der Waals surface area (Å²) in [6.45, 7) is 5.28. The largest absolute Gasteiger partial charge is 0.314 e. The van der Waals surface area contributed by atoms with E-state index in [4.69, 9.17) is 0 Å². The summed E-state index contributed by atoms with van der Waals surface area (Å²) in [7, 11) is -2.89. The van der Waals surface area contributed by atoms with Crippen LogP contribution in [0.5, 0.6) is 0 Å². The molecule has 3 nitrogen and oxygen atoms in total. The van der Waals surface area contributed by atoms with Gasteiger partial charge in [0.1, 0.15) is 0 Å². The van der Waals surface area contributed by atoms with E-state index < -0.39 is 9.84 Å². The third-order valence-electron chi connectivity index (χ3n) is 4.83. The van der Waals surface area contributed by atoms with Crippen LogP contribution in [-0.4, -0.2) is 31.5 Å². The van der Waals surface area contributed by atoms with Crippen molar-refractivity contribution in [2.75, 3.05) is 6.54 Å². The minimum absolute atomic E-state index is 0.0325. The second-order valence-electron chi connectivity index (χ2n) is 6.03. The molecule has 0 aliphatic heterocycles. The van der Waals surface area contributed by atoms with Crippen LogP contribution < -0.4 is 5.32 Å². The molecule has 0 saturated heterocycles. The molecule has 3 unspecified atom stereocenters. The molecule has 1 N–H and O–H groups in total. The van der Waals surface area contributed by atoms with Crippen LogP contribution in [-0.2, 0) is 9.84 Å². The maximum atomic E-state index is 12.6. The van der Waals surface area contributed by atoms with Gasteiger partial charge in [-0.25, -0.2) is 8.42 Å². The molecule has 2 rings (SSSR count). The Bertz CT molecular complexity index is 360. The smallest absolute Gasteiger partial charge is 0.156 e. The van der Waals surface area contributed by atoms with Crippen LogP contribution in [0.4, 0.5) is 0 Å². The highest BCUT2D eigenvalue weighted by molar-refractivity contribution is 7.92. The van der Waals surface area contributed by atoms with Gasteiger partial charge in [0, 0.05) is 6.04 Å². The summed E-state index contributed by atoms with van der Waals surface area (Å²) in [5, 5.41) is 3.39. The molecule has 2 aliphatic carbocycles. The SMILES string of the molecule is CCCNC1CCC(S(=O)(=O)C2CCCC2)C1C. The molecule has 0 spiro atoms. The Hall–Kier alpha value is -0.0900. The zero-order valence-corrected chi connectivity index (χ0v) is 12.5. The lowest BCUT2D eigenvalue weighted by Gasteiger charge is -2.24. The first-order chi connectivity index (χ1) is 8.57. The molecular formula is C14H27NO2S. The number of hydrogen-bond acceptors (Lipinski definition) is 3. The molecule has 2 fully saturated rings. The van der Waals surface area contributed by atoms with Gasteiger partial charge in [0.05, 0.1) is 10.5 Å². The summed E-state index contributed by atoms with van der Waals surface area (Å²) < 4.78 is 25.3. The normalized spacial score (nSPS) is 34.2. The first-order valence-electron chi connectivity index (χ1n) is 7.53. The molecule has 18 heavy (non-hydrogen) atoms. The molecule has 0 bridgehead atoms. The fraction of sp³-hybridized carbons (Fsp3) is 1.00. The molecule has 0 radical (unpaired) electrons. The number of hydrogen-bond donors (Lipinski definition) is 1. The Kier molecular flexibility index (Phi) is 4.70. The van der Waals surface area contributed by atoms with Crippen molar-refractivity contribution in [2.45, 2.75) is 75.3 Å². The third kappa shape index (κ3) is 2.74. The monoisotopic (exact) mass is 273 g/mol. The summed E-state index contributed by atoms with van der Waals surface area (Å²) in [5.41, 5.74) is 0. The molecule has 0 heterocycles. The van der Waals surface area contributed by atoms with Crippen molar-refractivity contribution in [1.29, 1.82) is 0 Å². The van der Waals surface area contributed by atoms with Crippen LogP contribution in [0.2, 0.25) is 0 Å². The molecule has 0 aromatic carbocycles. The Morgan fingerprint density at radius 3 is 2.39 bits per heavy atom. The highest BCUT2D eigenvalue weighted by Gasteiger charge is 2.44. The fourth-order valence-corrected chi connectivity index (χ4v) is 6.41. The van der Waals surface area contributed by atoms with Gasteiger partial charge in [-0.3, -0.25) is 0 Å². The maximum Gasteiger partial charge on any atom is 0.156 e. The standard InChI is InChI=1S/C14H27NO2S/c1-3-10-15-13-8-9-14(11(13)2)18(16,17)12-6-4-5-7-12/h11-15H,3-10H2,1-2H3. The highest BCUT2D eigenvalue weighted by Crippen LogP contribution is 2.37. The molecule has 0 aromatic rings. The van der Waals surface area contributed by atoms with Crippen LogP contribution in [0, 0.1) is 5.92 Å². The van der Waals surface area contributed by atoms with Gasteiger partial charge in [-0.05, 0) is 44.6 Å². The van der Waals surface area contributed by atoms with E-state index in [9.17, 15) is 8.42 Å². The van der Waals surface area contributed by atoms with Gasteiger partial charge < -0.3 is 5.32 Å². The van der Waals surface area contributed by atoms with Crippen LogP contribution in [0.15, 0.2) is 0 Å². The third-order valence-corrected chi connectivity index (χ3v) is 7.74. The Labute approximate surface area is 112 Å². The van der Waals surface area contributed by atoms with E-state index in [1.165, 1.54) is 0 Å². The summed E-state index contributed by atoms with van der Waals surface area (Å²) in [5.74, 6) is 0.280. The number of rotatable bonds is 5. The van der Waals surface area contributed by atoms with Gasteiger partial charge in [0.15, 0.2) is 9.84 Å². The van der Waals surface area contributed by atoms with Gasteiger partial charge in [0.25, 0.3) is 0 Å². The molecule has 4 heteroatoms. The van der Waals surface area contributed by atoms with Crippen molar-refractivity contribution in [1.82, 2.24) is 5.32 Å². The van der Waals surface area contributed by atoms with E-state index in [0.29, 0.717) is 6.04 Å². The van der Waals surface area contributed by atoms with Crippen LogP contribution in [0.3, 0.4) is 0 Å². The zero-order chi connectivity index (χ0) is 13.2. The summed E-state index contributed by atoms with van der Waals surface area (Å²) >= 11 is 0. The molecule has 3 atom stereocenters. The average Bonchev–Trinajstić information content (AvgIpc) is 2.96. The second kappa shape index (κ2) is 5.91. The quantitative estimate of drug-likeness (QED) is 0.837. The van der Waals surface area contributed by atoms with E-state index in [-0.39, 0.29) is 16.4 Å². The van der Waals surface area contributed by atoms with Crippen LogP contribution in [0.1, 0.15) is 58.8 Å².